The second-order valence-corrected chi connectivity index (χ2v) is 6.54. The largest absolute Gasteiger partial charge is 0.506 e. The van der Waals surface area contributed by atoms with Gasteiger partial charge in [-0.05, 0) is 30.3 Å². The van der Waals surface area contributed by atoms with E-state index in [-0.39, 0.29) is 33.0 Å². The van der Waals surface area contributed by atoms with Crippen LogP contribution in [0.1, 0.15) is 20.7 Å². The number of imide groups is 1. The van der Waals surface area contributed by atoms with Crippen molar-refractivity contribution in [3.8, 4) is 5.75 Å². The highest BCUT2D eigenvalue weighted by Crippen LogP contribution is 2.43. The molecule has 144 valence electrons. The zero-order valence-corrected chi connectivity index (χ0v) is 14.9. The standard InChI is InChI=1S/C18H8ClN3O7/c19-8-1-6-14(23)13(7-8)20-17(24)9-2-4-11(21(26)27)16-12(22(28)29)5-3-10(15(9)16)18(20)25/h1-7,23H. The number of hydrogen-bond acceptors (Lipinski definition) is 7. The van der Waals surface area contributed by atoms with Crippen molar-refractivity contribution in [2.24, 2.45) is 0 Å². The van der Waals surface area contributed by atoms with E-state index in [0.29, 0.717) is 4.90 Å². The maximum Gasteiger partial charge on any atom is 0.284 e. The van der Waals surface area contributed by atoms with Gasteiger partial charge in [0, 0.05) is 33.7 Å². The number of carbonyl (C=O) groups is 2. The number of anilines is 1. The number of phenolic OH excluding ortho intramolecular Hbond substituents is 1. The summed E-state index contributed by atoms with van der Waals surface area (Å²) in [5.74, 6) is -2.19. The number of nitrogens with zero attached hydrogens (tertiary/aromatic N) is 3. The van der Waals surface area contributed by atoms with Gasteiger partial charge in [-0.25, -0.2) is 4.90 Å². The third kappa shape index (κ3) is 2.57. The maximum absolute atomic E-state index is 13.1. The summed E-state index contributed by atoms with van der Waals surface area (Å²) in [7, 11) is 0. The number of carbonyl (C=O) groups excluding carboxylic acids is 2. The van der Waals surface area contributed by atoms with Crippen molar-refractivity contribution >= 4 is 51.2 Å². The highest BCUT2D eigenvalue weighted by atomic mass is 35.5. The first-order chi connectivity index (χ1) is 13.7. The number of hydrogen-bond donors (Lipinski definition) is 1. The molecule has 0 aliphatic carbocycles. The predicted octanol–water partition coefficient (Wildman–Crippen LogP) is 3.82. The quantitative estimate of drug-likeness (QED) is 0.390. The molecule has 1 heterocycles. The molecule has 3 aromatic rings. The van der Waals surface area contributed by atoms with Gasteiger partial charge < -0.3 is 5.11 Å². The molecule has 0 bridgehead atoms. The van der Waals surface area contributed by atoms with Gasteiger partial charge in [-0.2, -0.15) is 0 Å². The summed E-state index contributed by atoms with van der Waals surface area (Å²) in [6.07, 6.45) is 0. The van der Waals surface area contributed by atoms with E-state index < -0.39 is 38.4 Å². The molecule has 0 saturated carbocycles. The first-order valence-electron chi connectivity index (χ1n) is 7.98. The molecule has 2 amide bonds. The van der Waals surface area contributed by atoms with Crippen LogP contribution in [0.15, 0.2) is 42.5 Å². The summed E-state index contributed by atoms with van der Waals surface area (Å²) in [4.78, 5) is 47.9. The van der Waals surface area contributed by atoms with Crippen LogP contribution in [0, 0.1) is 20.2 Å². The van der Waals surface area contributed by atoms with Crippen molar-refractivity contribution in [1.29, 1.82) is 0 Å². The normalized spacial score (nSPS) is 13.1. The zero-order valence-electron chi connectivity index (χ0n) is 14.2. The van der Waals surface area contributed by atoms with Crippen molar-refractivity contribution in [2.45, 2.75) is 0 Å². The molecule has 1 N–H and O–H groups in total. The number of nitro groups is 2. The number of halogens is 1. The minimum absolute atomic E-state index is 0.150. The summed E-state index contributed by atoms with van der Waals surface area (Å²) < 4.78 is 0. The fourth-order valence-corrected chi connectivity index (χ4v) is 3.51. The highest BCUT2D eigenvalue weighted by molar-refractivity contribution is 6.38. The van der Waals surface area contributed by atoms with Crippen LogP contribution in [-0.4, -0.2) is 26.8 Å². The van der Waals surface area contributed by atoms with Crippen molar-refractivity contribution in [2.75, 3.05) is 4.90 Å². The molecule has 0 unspecified atom stereocenters. The first kappa shape index (κ1) is 18.3. The summed E-state index contributed by atoms with van der Waals surface area (Å²) in [5.41, 5.74) is -1.68. The number of aromatic hydroxyl groups is 1. The minimum Gasteiger partial charge on any atom is -0.506 e. The Kier molecular flexibility index (Phi) is 3.94. The minimum atomic E-state index is -0.902. The van der Waals surface area contributed by atoms with Crippen LogP contribution >= 0.6 is 11.6 Å². The van der Waals surface area contributed by atoms with Crippen molar-refractivity contribution in [3.63, 3.8) is 0 Å². The maximum atomic E-state index is 13.1. The van der Waals surface area contributed by atoms with E-state index in [1.807, 2.05) is 0 Å². The highest BCUT2D eigenvalue weighted by Gasteiger charge is 2.39. The molecular formula is C18H8ClN3O7. The molecule has 0 radical (unpaired) electrons. The zero-order chi connectivity index (χ0) is 21.0. The Bertz CT molecular complexity index is 1220. The van der Waals surface area contributed by atoms with Crippen molar-refractivity contribution in [1.82, 2.24) is 0 Å². The molecule has 10 nitrogen and oxygen atoms in total. The number of phenols is 1. The molecule has 0 spiro atoms. The van der Waals surface area contributed by atoms with Crippen molar-refractivity contribution in [3.05, 3.63) is 78.8 Å². The average Bonchev–Trinajstić information content (AvgIpc) is 2.67. The fourth-order valence-electron chi connectivity index (χ4n) is 3.35. The summed E-state index contributed by atoms with van der Waals surface area (Å²) in [6.45, 7) is 0. The fraction of sp³-hybridized carbons (Fsp3) is 0. The molecule has 1 aliphatic heterocycles. The Morgan fingerprint density at radius 1 is 0.828 bits per heavy atom. The van der Waals surface area contributed by atoms with E-state index in [1.165, 1.54) is 18.2 Å². The Hall–Kier alpha value is -4.05. The number of nitro benzene ring substituents is 2. The van der Waals surface area contributed by atoms with Gasteiger partial charge in [0.05, 0.1) is 15.5 Å². The van der Waals surface area contributed by atoms with E-state index in [2.05, 4.69) is 0 Å². The monoisotopic (exact) mass is 413 g/mol. The smallest absolute Gasteiger partial charge is 0.284 e. The molecule has 0 fully saturated rings. The second-order valence-electron chi connectivity index (χ2n) is 6.11. The topological polar surface area (TPSA) is 144 Å². The van der Waals surface area contributed by atoms with Crippen molar-refractivity contribution < 1.29 is 24.5 Å². The molecule has 0 saturated heterocycles. The number of amides is 2. The summed E-state index contributed by atoms with van der Waals surface area (Å²) in [5, 5.41) is 32.5. The number of non-ortho nitro benzene ring substituents is 2. The van der Waals surface area contributed by atoms with Crippen LogP contribution in [0.4, 0.5) is 17.1 Å². The molecule has 3 aromatic carbocycles. The lowest BCUT2D eigenvalue weighted by atomic mass is 9.91. The summed E-state index contributed by atoms with van der Waals surface area (Å²) >= 11 is 5.91. The SMILES string of the molecule is O=C1c2ccc([N+](=O)[O-])c3c([N+](=O)[O-])ccc(c23)C(=O)N1c1cc(Cl)ccc1O. The van der Waals surface area contributed by atoms with Crippen LogP contribution in [-0.2, 0) is 0 Å². The lowest BCUT2D eigenvalue weighted by molar-refractivity contribution is -0.390. The van der Waals surface area contributed by atoms with Crippen LogP contribution in [0.5, 0.6) is 5.75 Å². The van der Waals surface area contributed by atoms with E-state index >= 15 is 0 Å². The van der Waals surface area contributed by atoms with Crippen LogP contribution in [0.3, 0.4) is 0 Å². The molecule has 1 aliphatic rings. The molecule has 11 heteroatoms. The second kappa shape index (κ2) is 6.24. The van der Waals surface area contributed by atoms with Gasteiger partial charge in [0.1, 0.15) is 11.1 Å². The van der Waals surface area contributed by atoms with Gasteiger partial charge in [0.15, 0.2) is 0 Å². The van der Waals surface area contributed by atoms with Crippen LogP contribution in [0.2, 0.25) is 5.02 Å². The van der Waals surface area contributed by atoms with Gasteiger partial charge in [-0.3, -0.25) is 29.8 Å². The third-order valence-electron chi connectivity index (χ3n) is 4.56. The summed E-state index contributed by atoms with van der Waals surface area (Å²) in [6, 6.07) is 7.96. The molecular weight excluding hydrogens is 406 g/mol. The van der Waals surface area contributed by atoms with Crippen LogP contribution < -0.4 is 4.90 Å². The van der Waals surface area contributed by atoms with E-state index in [4.69, 9.17) is 11.6 Å². The van der Waals surface area contributed by atoms with E-state index in [0.717, 1.165) is 24.3 Å². The van der Waals surface area contributed by atoms with Gasteiger partial charge >= 0.3 is 0 Å². The molecule has 0 aromatic heterocycles. The van der Waals surface area contributed by atoms with Gasteiger partial charge in [0.25, 0.3) is 23.2 Å². The average molecular weight is 414 g/mol. The number of rotatable bonds is 3. The molecule has 4 rings (SSSR count). The molecule has 29 heavy (non-hydrogen) atoms. The van der Waals surface area contributed by atoms with Gasteiger partial charge in [-0.1, -0.05) is 11.6 Å². The Morgan fingerprint density at radius 3 is 1.83 bits per heavy atom. The van der Waals surface area contributed by atoms with Crippen LogP contribution in [0.25, 0.3) is 10.8 Å². The Morgan fingerprint density at radius 2 is 1.34 bits per heavy atom. The van der Waals surface area contributed by atoms with E-state index in [1.54, 1.807) is 0 Å². The molecule has 0 atom stereocenters. The Balaban J connectivity index is 2.08. The lowest BCUT2D eigenvalue weighted by Gasteiger charge is -2.27. The predicted molar refractivity (Wildman–Crippen MR) is 102 cm³/mol. The Labute approximate surface area is 165 Å². The van der Waals surface area contributed by atoms with Gasteiger partial charge in [0.2, 0.25) is 0 Å². The van der Waals surface area contributed by atoms with E-state index in [9.17, 15) is 34.9 Å². The van der Waals surface area contributed by atoms with Gasteiger partial charge in [-0.15, -0.1) is 0 Å². The lowest BCUT2D eigenvalue weighted by Crippen LogP contribution is -2.40. The first-order valence-corrected chi connectivity index (χ1v) is 8.36. The third-order valence-corrected chi connectivity index (χ3v) is 4.79. The number of benzene rings is 3.